The van der Waals surface area contributed by atoms with Gasteiger partial charge in [0, 0.05) is 10.7 Å². The molecule has 2 atom stereocenters. The highest BCUT2D eigenvalue weighted by atomic mass is 35.7. The summed E-state index contributed by atoms with van der Waals surface area (Å²) in [5.74, 6) is 0. The molecule has 0 aromatic rings. The van der Waals surface area contributed by atoms with Gasteiger partial charge in [-0.2, -0.15) is 0 Å². The van der Waals surface area contributed by atoms with Gasteiger partial charge in [0.05, 0.1) is 0 Å². The predicted molar refractivity (Wildman–Crippen MR) is 32.7 cm³/mol. The normalized spacial score (nSPS) is 35.8. The smallest absolute Gasteiger partial charge is 0.238 e. The van der Waals surface area contributed by atoms with Crippen molar-refractivity contribution < 1.29 is 12.8 Å². The van der Waals surface area contributed by atoms with E-state index in [1.165, 1.54) is 0 Å². The van der Waals surface area contributed by atoms with Crippen molar-refractivity contribution in [3.8, 4) is 0 Å². The van der Waals surface area contributed by atoms with Crippen molar-refractivity contribution in [2.75, 3.05) is 0 Å². The molecule has 0 bridgehead atoms. The van der Waals surface area contributed by atoms with Crippen LogP contribution in [0.25, 0.3) is 0 Å². The van der Waals surface area contributed by atoms with Gasteiger partial charge in [-0.05, 0) is 12.8 Å². The van der Waals surface area contributed by atoms with Crippen molar-refractivity contribution in [3.63, 3.8) is 0 Å². The molecule has 0 aliphatic heterocycles. The summed E-state index contributed by atoms with van der Waals surface area (Å²) in [6.45, 7) is 0. The lowest BCUT2D eigenvalue weighted by atomic mass is 9.97. The van der Waals surface area contributed by atoms with Crippen molar-refractivity contribution in [2.24, 2.45) is 0 Å². The Morgan fingerprint density at radius 2 is 2.00 bits per heavy atom. The topological polar surface area (TPSA) is 34.1 Å². The maximum Gasteiger partial charge on any atom is 0.238 e. The van der Waals surface area contributed by atoms with E-state index in [1.807, 2.05) is 0 Å². The van der Waals surface area contributed by atoms with Crippen LogP contribution in [0, 0.1) is 0 Å². The number of rotatable bonds is 1. The molecule has 9 heavy (non-hydrogen) atoms. The van der Waals surface area contributed by atoms with Gasteiger partial charge in [-0.1, -0.05) is 0 Å². The Morgan fingerprint density at radius 1 is 1.44 bits per heavy atom. The van der Waals surface area contributed by atoms with Crippen molar-refractivity contribution in [3.05, 3.63) is 0 Å². The minimum Gasteiger partial charge on any atom is -0.246 e. The molecule has 0 radical (unpaired) electrons. The molecule has 0 aromatic heterocycles. The molecule has 5 heteroatoms. The van der Waals surface area contributed by atoms with Gasteiger partial charge in [0.2, 0.25) is 9.05 Å². The van der Waals surface area contributed by atoms with E-state index in [1.54, 1.807) is 0 Å². The standard InChI is InChI=1S/C4H6ClFO2S/c5-9(7,8)4-2-1-3(4)6/h3-4H,1-2H2/t3-,4+/m1/s1. The van der Waals surface area contributed by atoms with Crippen molar-refractivity contribution in [1.29, 1.82) is 0 Å². The minimum absolute atomic E-state index is 0.330. The van der Waals surface area contributed by atoms with Gasteiger partial charge in [-0.25, -0.2) is 12.8 Å². The SMILES string of the molecule is O=S(=O)(Cl)[C@H]1CC[C@H]1F. The highest BCUT2D eigenvalue weighted by Gasteiger charge is 2.40. The van der Waals surface area contributed by atoms with E-state index in [9.17, 15) is 12.8 Å². The molecule has 0 heterocycles. The summed E-state index contributed by atoms with van der Waals surface area (Å²) >= 11 is 0. The Hall–Kier alpha value is 0.170. The summed E-state index contributed by atoms with van der Waals surface area (Å²) in [4.78, 5) is 0. The van der Waals surface area contributed by atoms with E-state index in [0.717, 1.165) is 0 Å². The average Bonchev–Trinajstić information content (AvgIpc) is 1.57. The fourth-order valence-corrected chi connectivity index (χ4v) is 2.25. The van der Waals surface area contributed by atoms with Crippen LogP contribution in [-0.2, 0) is 9.05 Å². The van der Waals surface area contributed by atoms with Crippen LogP contribution in [0.15, 0.2) is 0 Å². The Labute approximate surface area is 57.4 Å². The number of alkyl halides is 1. The summed E-state index contributed by atoms with van der Waals surface area (Å²) < 4.78 is 32.9. The Morgan fingerprint density at radius 3 is 2.00 bits per heavy atom. The average molecular weight is 173 g/mol. The Kier molecular flexibility index (Phi) is 1.69. The molecular weight excluding hydrogens is 167 g/mol. The molecule has 1 aliphatic carbocycles. The van der Waals surface area contributed by atoms with Gasteiger partial charge >= 0.3 is 0 Å². The monoisotopic (exact) mass is 172 g/mol. The third kappa shape index (κ3) is 1.35. The predicted octanol–water partition coefficient (Wildman–Crippen LogP) is 1.06. The molecule has 0 N–H and O–H groups in total. The molecule has 1 rings (SSSR count). The first kappa shape index (κ1) is 7.28. The van der Waals surface area contributed by atoms with E-state index < -0.39 is 20.5 Å². The Bertz CT molecular complexity index is 201. The molecule has 0 aromatic carbocycles. The molecular formula is C4H6ClFO2S. The van der Waals surface area contributed by atoms with Crippen LogP contribution in [0.5, 0.6) is 0 Å². The van der Waals surface area contributed by atoms with E-state index in [0.29, 0.717) is 12.8 Å². The van der Waals surface area contributed by atoms with Crippen molar-refractivity contribution in [1.82, 2.24) is 0 Å². The molecule has 2 nitrogen and oxygen atoms in total. The summed E-state index contributed by atoms with van der Waals surface area (Å²) in [7, 11) is 1.24. The molecule has 0 spiro atoms. The van der Waals surface area contributed by atoms with Crippen LogP contribution in [0.1, 0.15) is 12.8 Å². The molecule has 0 unspecified atom stereocenters. The molecule has 1 fully saturated rings. The van der Waals surface area contributed by atoms with Crippen molar-refractivity contribution in [2.45, 2.75) is 24.3 Å². The quantitative estimate of drug-likeness (QED) is 0.555. The fourth-order valence-electron chi connectivity index (χ4n) is 0.746. The van der Waals surface area contributed by atoms with Crippen LogP contribution < -0.4 is 0 Å². The third-order valence-electron chi connectivity index (χ3n) is 1.49. The molecule has 54 valence electrons. The lowest BCUT2D eigenvalue weighted by Gasteiger charge is -2.26. The number of hydrogen-bond donors (Lipinski definition) is 0. The summed E-state index contributed by atoms with van der Waals surface area (Å²) in [5, 5.41) is -0.931. The van der Waals surface area contributed by atoms with Crippen LogP contribution in [-0.4, -0.2) is 19.8 Å². The second-order valence-corrected chi connectivity index (χ2v) is 4.95. The fraction of sp³-hybridized carbons (Fsp3) is 1.00. The summed E-state index contributed by atoms with van der Waals surface area (Å²) in [6.07, 6.45) is -0.531. The van der Waals surface area contributed by atoms with Gasteiger partial charge in [-0.3, -0.25) is 0 Å². The lowest BCUT2D eigenvalue weighted by molar-refractivity contribution is 0.216. The zero-order chi connectivity index (χ0) is 7.07. The highest BCUT2D eigenvalue weighted by molar-refractivity contribution is 8.14. The van der Waals surface area contributed by atoms with Crippen LogP contribution in [0.2, 0.25) is 0 Å². The second-order valence-electron chi connectivity index (χ2n) is 2.11. The summed E-state index contributed by atoms with van der Waals surface area (Å²) in [6, 6.07) is 0. The van der Waals surface area contributed by atoms with E-state index in [2.05, 4.69) is 0 Å². The zero-order valence-electron chi connectivity index (χ0n) is 4.55. The first-order valence-electron chi connectivity index (χ1n) is 2.59. The maximum absolute atomic E-state index is 12.2. The van der Waals surface area contributed by atoms with Gasteiger partial charge in [-0.15, -0.1) is 0 Å². The van der Waals surface area contributed by atoms with Gasteiger partial charge in [0.1, 0.15) is 11.4 Å². The highest BCUT2D eigenvalue weighted by Crippen LogP contribution is 2.31. The largest absolute Gasteiger partial charge is 0.246 e. The third-order valence-corrected chi connectivity index (χ3v) is 3.43. The maximum atomic E-state index is 12.2. The van der Waals surface area contributed by atoms with Gasteiger partial charge < -0.3 is 0 Å². The van der Waals surface area contributed by atoms with Gasteiger partial charge in [0.25, 0.3) is 0 Å². The van der Waals surface area contributed by atoms with E-state index in [4.69, 9.17) is 10.7 Å². The first-order valence-corrected chi connectivity index (χ1v) is 4.96. The number of halogens is 2. The van der Waals surface area contributed by atoms with Crippen LogP contribution in [0.3, 0.4) is 0 Å². The van der Waals surface area contributed by atoms with Gasteiger partial charge in [0.15, 0.2) is 0 Å². The van der Waals surface area contributed by atoms with E-state index >= 15 is 0 Å². The molecule has 1 aliphatic rings. The lowest BCUT2D eigenvalue weighted by Crippen LogP contribution is -2.37. The minimum atomic E-state index is -3.62. The molecule has 0 amide bonds. The Balaban J connectivity index is 2.66. The molecule has 0 saturated heterocycles. The second kappa shape index (κ2) is 2.09. The zero-order valence-corrected chi connectivity index (χ0v) is 6.12. The van der Waals surface area contributed by atoms with Crippen LogP contribution >= 0.6 is 10.7 Å². The molecule has 1 saturated carbocycles. The first-order chi connectivity index (χ1) is 4.02. The number of hydrogen-bond acceptors (Lipinski definition) is 2. The van der Waals surface area contributed by atoms with Crippen molar-refractivity contribution >= 4 is 19.7 Å². The van der Waals surface area contributed by atoms with Crippen LogP contribution in [0.4, 0.5) is 4.39 Å². The summed E-state index contributed by atoms with van der Waals surface area (Å²) in [5.41, 5.74) is 0. The van der Waals surface area contributed by atoms with E-state index in [-0.39, 0.29) is 0 Å².